The summed E-state index contributed by atoms with van der Waals surface area (Å²) >= 11 is 4.33. The molecule has 0 aliphatic heterocycles. The van der Waals surface area contributed by atoms with Crippen LogP contribution >= 0.6 is 27.3 Å². The number of aromatic nitrogens is 3. The number of aryl methyl sites for hydroxylation is 2. The minimum atomic E-state index is -3.65. The molecule has 0 saturated carbocycles. The summed E-state index contributed by atoms with van der Waals surface area (Å²) < 4.78 is 27.2. The third-order valence-electron chi connectivity index (χ3n) is 2.13. The van der Waals surface area contributed by atoms with E-state index in [1.807, 2.05) is 0 Å². The number of sulfonamides is 1. The van der Waals surface area contributed by atoms with Crippen molar-refractivity contribution >= 4 is 43.2 Å². The zero-order chi connectivity index (χ0) is 13.3. The Bertz CT molecular complexity index is 684. The molecule has 18 heavy (non-hydrogen) atoms. The summed E-state index contributed by atoms with van der Waals surface area (Å²) in [5.41, 5.74) is 1.30. The maximum Gasteiger partial charge on any atom is 0.273 e. The highest BCUT2D eigenvalue weighted by atomic mass is 79.9. The fourth-order valence-electron chi connectivity index (χ4n) is 1.11. The Morgan fingerprint density at radius 3 is 2.50 bits per heavy atom. The van der Waals surface area contributed by atoms with Gasteiger partial charge < -0.3 is 0 Å². The molecule has 6 nitrogen and oxygen atoms in total. The first-order valence-electron chi connectivity index (χ1n) is 4.84. The maximum atomic E-state index is 12.0. The molecule has 0 fully saturated rings. The molecule has 2 rings (SSSR count). The van der Waals surface area contributed by atoms with Crippen LogP contribution in [-0.2, 0) is 10.0 Å². The van der Waals surface area contributed by atoms with E-state index in [-0.39, 0.29) is 10.2 Å². The number of rotatable bonds is 3. The Morgan fingerprint density at radius 2 is 1.94 bits per heavy atom. The van der Waals surface area contributed by atoms with Crippen LogP contribution in [0.2, 0.25) is 0 Å². The van der Waals surface area contributed by atoms with Gasteiger partial charge in [-0.05, 0) is 41.9 Å². The number of anilines is 1. The normalized spacial score (nSPS) is 11.5. The Hall–Kier alpha value is -1.06. The molecule has 0 radical (unpaired) electrons. The zero-order valence-corrected chi connectivity index (χ0v) is 12.7. The predicted octanol–water partition coefficient (Wildman–Crippen LogP) is 2.11. The first kappa shape index (κ1) is 13.4. The first-order valence-corrected chi connectivity index (χ1v) is 7.94. The molecule has 0 unspecified atom stereocenters. The second-order valence-electron chi connectivity index (χ2n) is 3.47. The molecule has 0 atom stereocenters. The Morgan fingerprint density at radius 1 is 1.22 bits per heavy atom. The van der Waals surface area contributed by atoms with Crippen molar-refractivity contribution in [2.75, 3.05) is 4.72 Å². The second kappa shape index (κ2) is 4.90. The molecular weight excluding hydrogens is 340 g/mol. The van der Waals surface area contributed by atoms with Crippen LogP contribution in [0.1, 0.15) is 11.4 Å². The summed E-state index contributed by atoms with van der Waals surface area (Å²) in [5, 5.41) is 7.51. The fourth-order valence-corrected chi connectivity index (χ4v) is 4.06. The summed E-state index contributed by atoms with van der Waals surface area (Å²) in [5.74, 6) is -0.0253. The molecule has 0 bridgehead atoms. The van der Waals surface area contributed by atoms with E-state index >= 15 is 0 Å². The number of thiophene rings is 1. The lowest BCUT2D eigenvalue weighted by Crippen LogP contribution is -2.15. The number of hydrogen-bond donors (Lipinski definition) is 1. The predicted molar refractivity (Wildman–Crippen MR) is 72.1 cm³/mol. The van der Waals surface area contributed by atoms with Crippen LogP contribution in [0.25, 0.3) is 0 Å². The average Bonchev–Trinajstić information content (AvgIpc) is 2.71. The number of nitrogens with one attached hydrogen (secondary N) is 1. The van der Waals surface area contributed by atoms with Gasteiger partial charge in [-0.3, -0.25) is 0 Å². The number of halogens is 1. The van der Waals surface area contributed by atoms with Gasteiger partial charge in [0.25, 0.3) is 16.0 Å². The van der Waals surface area contributed by atoms with Gasteiger partial charge in [-0.15, -0.1) is 16.4 Å². The van der Waals surface area contributed by atoms with Gasteiger partial charge in [-0.25, -0.2) is 18.1 Å². The van der Waals surface area contributed by atoms with Gasteiger partial charge >= 0.3 is 0 Å². The van der Waals surface area contributed by atoms with Gasteiger partial charge in [-0.2, -0.15) is 5.10 Å². The van der Waals surface area contributed by atoms with E-state index < -0.39 is 10.0 Å². The Balaban J connectivity index is 2.30. The molecule has 96 valence electrons. The third kappa shape index (κ3) is 2.85. The lowest BCUT2D eigenvalue weighted by Gasteiger charge is -2.05. The Kier molecular flexibility index (Phi) is 3.64. The average molecular weight is 349 g/mol. The molecule has 0 spiro atoms. The summed E-state index contributed by atoms with van der Waals surface area (Å²) in [4.78, 5) is 4.02. The van der Waals surface area contributed by atoms with Crippen LogP contribution in [0, 0.1) is 13.8 Å². The van der Waals surface area contributed by atoms with Crippen molar-refractivity contribution in [2.24, 2.45) is 0 Å². The van der Waals surface area contributed by atoms with E-state index in [1.54, 1.807) is 19.9 Å². The van der Waals surface area contributed by atoms with Gasteiger partial charge in [0.2, 0.25) is 0 Å². The fraction of sp³-hybridized carbons (Fsp3) is 0.222. The van der Waals surface area contributed by atoms with Crippen LogP contribution in [0.4, 0.5) is 5.95 Å². The minimum Gasteiger partial charge on any atom is -0.245 e. The zero-order valence-electron chi connectivity index (χ0n) is 9.51. The lowest BCUT2D eigenvalue weighted by atomic mass is 10.4. The quantitative estimate of drug-likeness (QED) is 0.917. The largest absolute Gasteiger partial charge is 0.273 e. The van der Waals surface area contributed by atoms with E-state index in [4.69, 9.17) is 0 Å². The molecule has 9 heteroatoms. The highest BCUT2D eigenvalue weighted by Gasteiger charge is 2.18. The lowest BCUT2D eigenvalue weighted by molar-refractivity contribution is 0.602. The van der Waals surface area contributed by atoms with Crippen LogP contribution < -0.4 is 4.72 Å². The smallest absolute Gasteiger partial charge is 0.245 e. The number of hydrogen-bond acceptors (Lipinski definition) is 6. The topological polar surface area (TPSA) is 84.8 Å². The molecule has 2 aromatic heterocycles. The van der Waals surface area contributed by atoms with Gasteiger partial charge in [-0.1, -0.05) is 0 Å². The van der Waals surface area contributed by atoms with Crippen molar-refractivity contribution in [3.63, 3.8) is 0 Å². The summed E-state index contributed by atoms with van der Waals surface area (Å²) in [7, 11) is -3.65. The standard InChI is InChI=1S/C9H9BrN4O2S2/c1-5-6(2)12-13-9(11-5)14-18(15,16)8-4-3-7(10)17-8/h3-4H,1-2H3,(H,11,13,14). The molecule has 0 saturated heterocycles. The van der Waals surface area contributed by atoms with Crippen LogP contribution in [-0.4, -0.2) is 23.6 Å². The Labute approximate surface area is 117 Å². The maximum absolute atomic E-state index is 12.0. The first-order chi connectivity index (χ1) is 8.38. The monoisotopic (exact) mass is 348 g/mol. The van der Waals surface area contributed by atoms with Gasteiger partial charge in [0, 0.05) is 0 Å². The van der Waals surface area contributed by atoms with Gasteiger partial charge in [0.05, 0.1) is 15.2 Å². The van der Waals surface area contributed by atoms with E-state index in [0.29, 0.717) is 11.4 Å². The molecule has 2 heterocycles. The third-order valence-corrected chi connectivity index (χ3v) is 5.57. The molecule has 1 N–H and O–H groups in total. The van der Waals surface area contributed by atoms with E-state index in [1.165, 1.54) is 6.07 Å². The van der Waals surface area contributed by atoms with Crippen molar-refractivity contribution in [1.29, 1.82) is 0 Å². The van der Waals surface area contributed by atoms with E-state index in [9.17, 15) is 8.42 Å². The van der Waals surface area contributed by atoms with Gasteiger partial charge in [0.15, 0.2) is 0 Å². The molecule has 0 aliphatic carbocycles. The van der Waals surface area contributed by atoms with Crippen molar-refractivity contribution in [3.8, 4) is 0 Å². The summed E-state index contributed by atoms with van der Waals surface area (Å²) in [6.45, 7) is 3.49. The highest BCUT2D eigenvalue weighted by molar-refractivity contribution is 9.11. The molecule has 0 amide bonds. The summed E-state index contributed by atoms with van der Waals surface area (Å²) in [6, 6.07) is 3.17. The SMILES string of the molecule is Cc1nnc(NS(=O)(=O)c2ccc(Br)s2)nc1C. The molecular formula is C9H9BrN4O2S2. The van der Waals surface area contributed by atoms with Crippen molar-refractivity contribution in [1.82, 2.24) is 15.2 Å². The van der Waals surface area contributed by atoms with Crippen molar-refractivity contribution in [3.05, 3.63) is 27.3 Å². The van der Waals surface area contributed by atoms with Gasteiger partial charge in [0.1, 0.15) is 4.21 Å². The number of nitrogens with zero attached hydrogens (tertiary/aromatic N) is 3. The molecule has 0 aromatic carbocycles. The highest BCUT2D eigenvalue weighted by Crippen LogP contribution is 2.26. The van der Waals surface area contributed by atoms with Crippen molar-refractivity contribution in [2.45, 2.75) is 18.1 Å². The van der Waals surface area contributed by atoms with Crippen LogP contribution in [0.15, 0.2) is 20.1 Å². The van der Waals surface area contributed by atoms with E-state index in [2.05, 4.69) is 35.8 Å². The molecule has 0 aliphatic rings. The summed E-state index contributed by atoms with van der Waals surface area (Å²) in [6.07, 6.45) is 0. The minimum absolute atomic E-state index is 0.0253. The van der Waals surface area contributed by atoms with Crippen LogP contribution in [0.3, 0.4) is 0 Å². The second-order valence-corrected chi connectivity index (χ2v) is 7.84. The van der Waals surface area contributed by atoms with Crippen LogP contribution in [0.5, 0.6) is 0 Å². The van der Waals surface area contributed by atoms with Crippen molar-refractivity contribution < 1.29 is 8.42 Å². The van der Waals surface area contributed by atoms with E-state index in [0.717, 1.165) is 15.1 Å². The molecule has 2 aromatic rings.